The molecule has 0 saturated carbocycles. The summed E-state index contributed by atoms with van der Waals surface area (Å²) in [5, 5.41) is 16.2. The minimum absolute atomic E-state index is 0.121. The van der Waals surface area contributed by atoms with Crippen molar-refractivity contribution in [1.29, 1.82) is 0 Å². The summed E-state index contributed by atoms with van der Waals surface area (Å²) in [5.41, 5.74) is 2.03. The van der Waals surface area contributed by atoms with Crippen molar-refractivity contribution in [2.45, 2.75) is 19.3 Å². The lowest BCUT2D eigenvalue weighted by Crippen LogP contribution is -2.33. The number of fused-ring (bicyclic) bond motifs is 1. The van der Waals surface area contributed by atoms with Crippen LogP contribution in [0.25, 0.3) is 10.9 Å². The highest BCUT2D eigenvalue weighted by molar-refractivity contribution is 9.10. The van der Waals surface area contributed by atoms with E-state index in [1.54, 1.807) is 11.8 Å². The number of oxime groups is 1. The van der Waals surface area contributed by atoms with Gasteiger partial charge in [0.15, 0.2) is 0 Å². The number of nitrogens with zero attached hydrogens (tertiary/aromatic N) is 1. The topological polar surface area (TPSA) is 77.5 Å². The second kappa shape index (κ2) is 8.98. The number of hydrogen-bond donors (Lipinski definition) is 3. The van der Waals surface area contributed by atoms with Gasteiger partial charge in [-0.15, -0.1) is 0 Å². The molecule has 2 aromatic rings. The van der Waals surface area contributed by atoms with E-state index in [4.69, 9.17) is 5.21 Å². The van der Waals surface area contributed by atoms with E-state index in [0.717, 1.165) is 39.5 Å². The zero-order chi connectivity index (χ0) is 16.7. The number of benzene rings is 1. The summed E-state index contributed by atoms with van der Waals surface area (Å²) >= 11 is 5.24. The number of rotatable bonds is 8. The molecule has 3 N–H and O–H groups in total. The molecule has 0 aliphatic heterocycles. The van der Waals surface area contributed by atoms with Gasteiger partial charge in [-0.1, -0.05) is 21.1 Å². The van der Waals surface area contributed by atoms with Gasteiger partial charge in [-0.2, -0.15) is 11.8 Å². The first kappa shape index (κ1) is 17.9. The number of amides is 1. The molecular formula is C16H20BrN3O2S. The predicted octanol–water partition coefficient (Wildman–Crippen LogP) is 3.56. The van der Waals surface area contributed by atoms with E-state index in [9.17, 15) is 4.79 Å². The van der Waals surface area contributed by atoms with Gasteiger partial charge >= 0.3 is 0 Å². The maximum atomic E-state index is 12.1. The summed E-state index contributed by atoms with van der Waals surface area (Å²) in [6, 6.07) is 5.89. The van der Waals surface area contributed by atoms with Crippen molar-refractivity contribution in [3.05, 3.63) is 34.4 Å². The van der Waals surface area contributed by atoms with E-state index in [0.29, 0.717) is 6.54 Å². The molecule has 23 heavy (non-hydrogen) atoms. The molecule has 0 bridgehead atoms. The summed E-state index contributed by atoms with van der Waals surface area (Å²) in [5.74, 6) is 0.766. The lowest BCUT2D eigenvalue weighted by molar-refractivity contribution is -0.115. The van der Waals surface area contributed by atoms with Crippen LogP contribution in [0.2, 0.25) is 0 Å². The molecule has 5 nitrogen and oxygen atoms in total. The first-order valence-electron chi connectivity index (χ1n) is 7.39. The zero-order valence-corrected chi connectivity index (χ0v) is 15.3. The second-order valence-corrected chi connectivity index (χ2v) is 7.08. The van der Waals surface area contributed by atoms with Crippen LogP contribution in [-0.2, 0) is 11.2 Å². The number of aromatic nitrogens is 1. The molecule has 0 radical (unpaired) electrons. The van der Waals surface area contributed by atoms with Crippen LogP contribution >= 0.6 is 27.7 Å². The Balaban J connectivity index is 1.98. The lowest BCUT2D eigenvalue weighted by Gasteiger charge is -2.06. The average molecular weight is 398 g/mol. The molecule has 0 aliphatic rings. The third-order valence-corrected chi connectivity index (χ3v) is 4.72. The van der Waals surface area contributed by atoms with E-state index >= 15 is 0 Å². The number of aromatic amines is 1. The summed E-state index contributed by atoms with van der Waals surface area (Å²) < 4.78 is 0.964. The van der Waals surface area contributed by atoms with Crippen LogP contribution in [0.15, 0.2) is 34.0 Å². The van der Waals surface area contributed by atoms with Crippen LogP contribution in [0.4, 0.5) is 0 Å². The fraction of sp³-hybridized carbons (Fsp3) is 0.375. The van der Waals surface area contributed by atoms with E-state index in [-0.39, 0.29) is 18.0 Å². The number of carbonyl (C=O) groups is 1. The van der Waals surface area contributed by atoms with E-state index in [1.165, 1.54) is 0 Å². The van der Waals surface area contributed by atoms with Gasteiger partial charge in [0.1, 0.15) is 5.71 Å². The molecule has 124 valence electrons. The first-order valence-corrected chi connectivity index (χ1v) is 9.58. The number of unbranched alkanes of at least 4 members (excludes halogenated alkanes) is 1. The lowest BCUT2D eigenvalue weighted by atomic mass is 10.1. The number of hydrogen-bond acceptors (Lipinski definition) is 4. The normalized spacial score (nSPS) is 11.8. The molecule has 2 rings (SSSR count). The first-order chi connectivity index (χ1) is 11.2. The molecule has 0 unspecified atom stereocenters. The fourth-order valence-electron chi connectivity index (χ4n) is 2.31. The van der Waals surface area contributed by atoms with Crippen molar-refractivity contribution >= 4 is 50.2 Å². The van der Waals surface area contributed by atoms with Gasteiger partial charge in [0.2, 0.25) is 0 Å². The highest BCUT2D eigenvalue weighted by atomic mass is 79.9. The van der Waals surface area contributed by atoms with Crippen molar-refractivity contribution in [3.63, 3.8) is 0 Å². The highest BCUT2D eigenvalue weighted by Gasteiger charge is 2.15. The Morgan fingerprint density at radius 1 is 1.43 bits per heavy atom. The SMILES string of the molecule is CSCCCCNC(=O)/C(Cc1c[nH]c2ccc(Br)cc12)=N/O. The Bertz CT molecular complexity index is 700. The van der Waals surface area contributed by atoms with Crippen molar-refractivity contribution in [2.24, 2.45) is 5.16 Å². The Morgan fingerprint density at radius 2 is 2.26 bits per heavy atom. The van der Waals surface area contributed by atoms with Crippen LogP contribution in [-0.4, -0.2) is 40.4 Å². The van der Waals surface area contributed by atoms with Gasteiger partial charge in [0, 0.05) is 34.5 Å². The Morgan fingerprint density at radius 3 is 3.00 bits per heavy atom. The Labute approximate surface area is 148 Å². The molecule has 1 aromatic carbocycles. The third-order valence-electron chi connectivity index (χ3n) is 3.53. The maximum absolute atomic E-state index is 12.1. The summed E-state index contributed by atoms with van der Waals surface area (Å²) in [4.78, 5) is 15.3. The van der Waals surface area contributed by atoms with Crippen LogP contribution in [0.1, 0.15) is 18.4 Å². The fourth-order valence-corrected chi connectivity index (χ4v) is 3.17. The zero-order valence-electron chi connectivity index (χ0n) is 12.9. The van der Waals surface area contributed by atoms with Crippen molar-refractivity contribution in [3.8, 4) is 0 Å². The maximum Gasteiger partial charge on any atom is 0.269 e. The van der Waals surface area contributed by atoms with E-state index < -0.39 is 0 Å². The number of halogens is 1. The molecule has 0 aliphatic carbocycles. The monoisotopic (exact) mass is 397 g/mol. The standard InChI is InChI=1S/C16H20BrN3O2S/c1-23-7-3-2-6-18-16(21)15(20-22)8-11-10-19-14-5-4-12(17)9-13(11)14/h4-5,9-10,19,22H,2-3,6-8H2,1H3,(H,18,21)/b20-15+. The molecule has 0 fully saturated rings. The predicted molar refractivity (Wildman–Crippen MR) is 99.5 cm³/mol. The van der Waals surface area contributed by atoms with Crippen LogP contribution in [0, 0.1) is 0 Å². The molecular weight excluding hydrogens is 378 g/mol. The summed E-state index contributed by atoms with van der Waals surface area (Å²) in [7, 11) is 0. The number of nitrogens with one attached hydrogen (secondary N) is 2. The van der Waals surface area contributed by atoms with Gasteiger partial charge < -0.3 is 15.5 Å². The molecule has 0 spiro atoms. The van der Waals surface area contributed by atoms with E-state index in [1.807, 2.05) is 24.4 Å². The second-order valence-electron chi connectivity index (χ2n) is 5.18. The quantitative estimate of drug-likeness (QED) is 0.275. The van der Waals surface area contributed by atoms with Gasteiger partial charge in [-0.05, 0) is 48.6 Å². The largest absolute Gasteiger partial charge is 0.410 e. The summed E-state index contributed by atoms with van der Waals surface area (Å²) in [6.07, 6.45) is 6.17. The number of H-pyrrole nitrogens is 1. The molecule has 7 heteroatoms. The minimum Gasteiger partial charge on any atom is -0.410 e. The number of thioether (sulfide) groups is 1. The molecule has 0 atom stereocenters. The van der Waals surface area contributed by atoms with Crippen molar-refractivity contribution in [2.75, 3.05) is 18.6 Å². The Hall–Kier alpha value is -1.47. The van der Waals surface area contributed by atoms with Crippen LogP contribution < -0.4 is 5.32 Å². The summed E-state index contributed by atoms with van der Waals surface area (Å²) in [6.45, 7) is 0.595. The van der Waals surface area contributed by atoms with Crippen LogP contribution in [0.5, 0.6) is 0 Å². The molecule has 1 heterocycles. The van der Waals surface area contributed by atoms with Crippen LogP contribution in [0.3, 0.4) is 0 Å². The highest BCUT2D eigenvalue weighted by Crippen LogP contribution is 2.23. The van der Waals surface area contributed by atoms with Gasteiger partial charge in [0.25, 0.3) is 5.91 Å². The smallest absolute Gasteiger partial charge is 0.269 e. The van der Waals surface area contributed by atoms with Gasteiger partial charge in [0.05, 0.1) is 0 Å². The molecule has 1 amide bonds. The van der Waals surface area contributed by atoms with E-state index in [2.05, 4.69) is 37.6 Å². The Kier molecular flexibility index (Phi) is 6.98. The molecule has 0 saturated heterocycles. The molecule has 1 aromatic heterocycles. The number of carbonyl (C=O) groups excluding carboxylic acids is 1. The van der Waals surface area contributed by atoms with Crippen molar-refractivity contribution < 1.29 is 10.0 Å². The van der Waals surface area contributed by atoms with Gasteiger partial charge in [-0.3, -0.25) is 4.79 Å². The van der Waals surface area contributed by atoms with Crippen molar-refractivity contribution in [1.82, 2.24) is 10.3 Å². The minimum atomic E-state index is -0.319. The van der Waals surface area contributed by atoms with Gasteiger partial charge in [-0.25, -0.2) is 0 Å². The third kappa shape index (κ3) is 5.00. The average Bonchev–Trinajstić information content (AvgIpc) is 2.94.